The number of hydrogen-bond donors (Lipinski definition) is 0. The lowest BCUT2D eigenvalue weighted by atomic mass is 10.1. The Morgan fingerprint density at radius 1 is 0.317 bits per heavy atom. The van der Waals surface area contributed by atoms with Crippen molar-refractivity contribution in [1.82, 2.24) is 44.7 Å². The fourth-order valence-corrected chi connectivity index (χ4v) is 18.6. The molecule has 123 heavy (non-hydrogen) atoms. The molecule has 0 amide bonds. The molecule has 0 bridgehead atoms. The van der Waals surface area contributed by atoms with Crippen LogP contribution in [0.25, 0.3) is 110 Å². The summed E-state index contributed by atoms with van der Waals surface area (Å²) in [6.45, 7) is 28.0. The first-order valence-electron chi connectivity index (χ1n) is 44.4. The van der Waals surface area contributed by atoms with Crippen LogP contribution in [0.15, 0.2) is 260 Å². The molecule has 5 aliphatic heterocycles. The Bertz CT molecular complexity index is 7430. The van der Waals surface area contributed by atoms with Gasteiger partial charge < -0.3 is 61.3 Å². The van der Waals surface area contributed by atoms with Crippen molar-refractivity contribution in [2.45, 2.75) is 160 Å². The van der Waals surface area contributed by atoms with E-state index in [0.717, 1.165) is 139 Å². The summed E-state index contributed by atoms with van der Waals surface area (Å²) in [7, 11) is 4.22. The summed E-state index contributed by atoms with van der Waals surface area (Å²) >= 11 is 0. The highest BCUT2D eigenvalue weighted by Crippen LogP contribution is 2.52. The lowest BCUT2D eigenvalue weighted by Gasteiger charge is -2.33. The van der Waals surface area contributed by atoms with Crippen LogP contribution in [0.1, 0.15) is 111 Å². The van der Waals surface area contributed by atoms with E-state index in [1.54, 1.807) is 37.2 Å². The Labute approximate surface area is 721 Å². The normalized spacial score (nSPS) is 18.5. The van der Waals surface area contributed by atoms with E-state index < -0.39 is 25.1 Å². The van der Waals surface area contributed by atoms with Crippen molar-refractivity contribution in [2.75, 3.05) is 53.3 Å². The van der Waals surface area contributed by atoms with E-state index in [1.165, 1.54) is 46.1 Å². The second kappa shape index (κ2) is 31.1. The Morgan fingerprint density at radius 3 is 1.09 bits per heavy atom. The van der Waals surface area contributed by atoms with Crippen molar-refractivity contribution >= 4 is 173 Å². The number of aryl methyl sites for hydroxylation is 5. The van der Waals surface area contributed by atoms with E-state index in [4.69, 9.17) is 28.9 Å². The third-order valence-electron chi connectivity index (χ3n) is 24.8. The van der Waals surface area contributed by atoms with Crippen LogP contribution in [0.2, 0.25) is 0 Å². The molecule has 23 rings (SSSR count). The van der Waals surface area contributed by atoms with Crippen molar-refractivity contribution in [2.24, 2.45) is 0 Å². The highest BCUT2D eigenvalue weighted by atomic mass is 16.4. The number of nitrogens with zero attached hydrogens (tertiary/aromatic N) is 17. The van der Waals surface area contributed by atoms with Gasteiger partial charge in [-0.15, -0.1) is 0 Å². The van der Waals surface area contributed by atoms with Gasteiger partial charge in [0.05, 0.1) is 42.6 Å². The van der Waals surface area contributed by atoms with Gasteiger partial charge in [-0.25, -0.2) is 34.9 Å². The number of fused-ring (bicyclic) bond motifs is 18. The second-order valence-corrected chi connectivity index (χ2v) is 32.8. The second-order valence-electron chi connectivity index (χ2n) is 32.8. The summed E-state index contributed by atoms with van der Waals surface area (Å²) in [4.78, 5) is 52.6. The Morgan fingerprint density at radius 2 is 0.675 bits per heavy atom. The minimum absolute atomic E-state index is 0.123. The highest BCUT2D eigenvalue weighted by molar-refractivity contribution is 6.14. The van der Waals surface area contributed by atoms with Crippen molar-refractivity contribution in [3.05, 3.63) is 266 Å². The predicted octanol–water partition coefficient (Wildman–Crippen LogP) is 24.5. The summed E-state index contributed by atoms with van der Waals surface area (Å²) in [6, 6.07) is 55.4. The van der Waals surface area contributed by atoms with Gasteiger partial charge in [0.2, 0.25) is 17.1 Å². The van der Waals surface area contributed by atoms with E-state index in [1.807, 2.05) is 110 Å². The van der Waals surface area contributed by atoms with E-state index in [2.05, 4.69) is 274 Å². The van der Waals surface area contributed by atoms with Gasteiger partial charge in [0.15, 0.2) is 51.2 Å². The minimum Gasteiger partial charge on any atom is -0.454 e. The number of para-hydroxylation sites is 4. The number of pyridine rings is 3. The van der Waals surface area contributed by atoms with Gasteiger partial charge in [-0.1, -0.05) is 109 Å². The van der Waals surface area contributed by atoms with Gasteiger partial charge in [0.1, 0.15) is 42.0 Å². The molecule has 620 valence electrons. The van der Waals surface area contributed by atoms with Crippen LogP contribution in [0, 0.1) is 34.6 Å². The monoisotopic (exact) mass is 1640 g/mol. The van der Waals surface area contributed by atoms with Crippen LogP contribution in [-0.2, 0) is 0 Å². The van der Waals surface area contributed by atoms with Crippen LogP contribution < -0.4 is 39.2 Å². The molecule has 0 radical (unpaired) electrons. The molecular weight excluding hydrogens is 1530 g/mol. The van der Waals surface area contributed by atoms with Crippen LogP contribution in [0.4, 0.5) is 63.1 Å². The molecular formula is C101H101N17O5. The smallest absolute Gasteiger partial charge is 0.227 e. The first-order valence-corrected chi connectivity index (χ1v) is 41.9. The van der Waals surface area contributed by atoms with Crippen molar-refractivity contribution in [1.29, 1.82) is 0 Å². The molecule has 0 saturated carbocycles. The lowest BCUT2D eigenvalue weighted by molar-refractivity contribution is 0.263. The summed E-state index contributed by atoms with van der Waals surface area (Å²) in [5.74, 6) is 2.36. The standard InChI is InChI=1S/2C22H22N4O.C21H19N3O.C19H21N3O.C17H17N3O/c2*1-13(2)25-15(4)26(22-21(25)23-11-12-24-22)19-14(3)9-10-17-16-7-5-6-8-18(16)27-20(17)19;1-13-10-11-15-16-7-6-12-22-21(16)25-20(15)19(13)24-14(2)23(3)17-8-4-5-9-18(17)24;1-12(2)21-10-11-22(14(21)4)17-13(3)7-8-15-16-6-5-9-20-19(16)23-18(15)17;1-11-6-7-13-14-5-4-8-18-17(14)21-16(13)15(11)20-10-9-19(3)12(20)2/h2*5-13,15H,1-4H3;4-12,14H,1-3H3;5-12,14H,1-4H3;4-10,12H,1-3H3/i1D3,13D;13D;;;. The number of aromatic nitrogens is 7. The molecule has 5 aliphatic rings. The molecule has 22 heteroatoms. The molecule has 0 spiro atoms. The SMILES string of the molecule is Cc1ccc2c(oc3ncccc32)c1N1C=CN(C(C)C)C1C.Cc1ccc2c(oc3ncccc32)c1N1C=CN(C)C1C.Cc1ccc2c(oc3ncccc32)c1N1c2ccccc2N(C)C1C.[2H]C(C)(C)N1c2nccnc2N(c2c(C)ccc3c2oc2ccccc23)C1C.[2H]C([2H])([2H])C([2H])(C)N1c2nccnc2N(c2c(C)ccc3c2oc2ccccc23)C1C. The van der Waals surface area contributed by atoms with Crippen LogP contribution in [0.3, 0.4) is 0 Å². The van der Waals surface area contributed by atoms with E-state index in [-0.39, 0.29) is 24.7 Å². The molecule has 0 saturated heterocycles. The van der Waals surface area contributed by atoms with Crippen LogP contribution >= 0.6 is 0 Å². The number of anilines is 11. The zero-order chi connectivity index (χ0) is 89.6. The Hall–Kier alpha value is -14.2. The highest BCUT2D eigenvalue weighted by Gasteiger charge is 2.43. The number of rotatable bonds is 8. The van der Waals surface area contributed by atoms with Gasteiger partial charge in [0.25, 0.3) is 0 Å². The first kappa shape index (κ1) is 72.8. The van der Waals surface area contributed by atoms with Gasteiger partial charge in [0, 0.05) is 158 Å². The van der Waals surface area contributed by atoms with Crippen molar-refractivity contribution in [3.63, 3.8) is 0 Å². The molecule has 6 unspecified atom stereocenters. The third kappa shape index (κ3) is 13.0. The molecule has 15 heterocycles. The molecule has 0 N–H and O–H groups in total. The van der Waals surface area contributed by atoms with E-state index in [0.29, 0.717) is 40.4 Å². The summed E-state index contributed by atoms with van der Waals surface area (Å²) in [6.07, 6.45) is 20.4. The Kier molecular flexibility index (Phi) is 18.4. The maximum absolute atomic E-state index is 8.74. The number of furan rings is 5. The molecule has 6 atom stereocenters. The zero-order valence-electron chi connectivity index (χ0n) is 77.1. The van der Waals surface area contributed by atoms with Gasteiger partial charge >= 0.3 is 0 Å². The summed E-state index contributed by atoms with van der Waals surface area (Å²) in [5.41, 5.74) is 21.3. The fraction of sp³-hybridized carbons (Fsp3) is 0.257. The largest absolute Gasteiger partial charge is 0.454 e. The maximum atomic E-state index is 8.74. The van der Waals surface area contributed by atoms with Gasteiger partial charge in [-0.3, -0.25) is 9.80 Å². The maximum Gasteiger partial charge on any atom is 0.227 e. The topological polar surface area (TPSA) is 188 Å². The molecule has 10 aromatic heterocycles. The average molecular weight is 1640 g/mol. The average Bonchev–Trinajstić information content (AvgIpc) is 1.57. The molecule has 18 aromatic rings. The van der Waals surface area contributed by atoms with E-state index >= 15 is 0 Å². The zero-order valence-corrected chi connectivity index (χ0v) is 72.1. The summed E-state index contributed by atoms with van der Waals surface area (Å²) in [5, 5.41) is 10.7. The van der Waals surface area contributed by atoms with Crippen molar-refractivity contribution < 1.29 is 28.9 Å². The fourth-order valence-electron chi connectivity index (χ4n) is 18.6. The van der Waals surface area contributed by atoms with E-state index in [9.17, 15) is 0 Å². The van der Waals surface area contributed by atoms with Crippen LogP contribution in [-0.4, -0.2) is 108 Å². The minimum atomic E-state index is -2.55. The lowest BCUT2D eigenvalue weighted by Crippen LogP contribution is -2.42. The Balaban J connectivity index is 0.000000105. The molecule has 0 aliphatic carbocycles. The first-order chi connectivity index (χ1) is 61.4. The number of hydrogen-bond acceptors (Lipinski definition) is 22. The van der Waals surface area contributed by atoms with Gasteiger partial charge in [-0.05, 0) is 199 Å². The predicted molar refractivity (Wildman–Crippen MR) is 502 cm³/mol. The third-order valence-corrected chi connectivity index (χ3v) is 24.8. The summed E-state index contributed by atoms with van der Waals surface area (Å²) < 4.78 is 72.2. The molecule has 8 aromatic carbocycles. The molecule has 22 nitrogen and oxygen atoms in total. The van der Waals surface area contributed by atoms with Gasteiger partial charge in [-0.2, -0.15) is 0 Å². The van der Waals surface area contributed by atoms with Crippen molar-refractivity contribution in [3.8, 4) is 0 Å². The van der Waals surface area contributed by atoms with Crippen LogP contribution in [0.5, 0.6) is 0 Å². The quantitative estimate of drug-likeness (QED) is 0.140. The number of benzene rings is 8. The molecule has 0 fully saturated rings.